The quantitative estimate of drug-likeness (QED) is 0.341. The Bertz CT molecular complexity index is 780. The van der Waals surface area contributed by atoms with Crippen molar-refractivity contribution in [1.29, 1.82) is 0 Å². The predicted octanol–water partition coefficient (Wildman–Crippen LogP) is 3.55. The van der Waals surface area contributed by atoms with Gasteiger partial charge in [-0.25, -0.2) is 4.99 Å². The van der Waals surface area contributed by atoms with Crippen LogP contribution in [-0.2, 0) is 23.7 Å². The van der Waals surface area contributed by atoms with Crippen molar-refractivity contribution in [3.8, 4) is 0 Å². The third kappa shape index (κ3) is 6.04. The Labute approximate surface area is 184 Å². The Kier molecular flexibility index (Phi) is 8.69. The Morgan fingerprint density at radius 1 is 1.27 bits per heavy atom. The normalized spacial score (nSPS) is 16.6. The van der Waals surface area contributed by atoms with Crippen LogP contribution in [0.4, 0.5) is 0 Å². The van der Waals surface area contributed by atoms with Crippen LogP contribution in [0.5, 0.6) is 0 Å². The molecule has 2 heterocycles. The standard InChI is InChI=1S/C22H36N6OS/c1-4-29-14-9-13-23-21(24-16-20-27-26-18(2)28(20)3)25-17-22(11-6-5-7-12-22)19-10-8-15-30-19/h8,10,15H,4-7,9,11-14,16-17H2,1-3H3,(H2,23,24,25). The second-order valence-electron chi connectivity index (χ2n) is 8.04. The van der Waals surface area contributed by atoms with E-state index in [4.69, 9.17) is 9.73 Å². The lowest BCUT2D eigenvalue weighted by atomic mass is 9.73. The monoisotopic (exact) mass is 432 g/mol. The van der Waals surface area contributed by atoms with Crippen LogP contribution in [0.25, 0.3) is 0 Å². The third-order valence-corrected chi connectivity index (χ3v) is 7.09. The minimum absolute atomic E-state index is 0.210. The van der Waals surface area contributed by atoms with Gasteiger partial charge in [0, 0.05) is 43.6 Å². The summed E-state index contributed by atoms with van der Waals surface area (Å²) < 4.78 is 7.45. The summed E-state index contributed by atoms with van der Waals surface area (Å²) in [5.41, 5.74) is 0.210. The number of hydrogen-bond acceptors (Lipinski definition) is 5. The molecule has 7 nitrogen and oxygen atoms in total. The number of rotatable bonds is 10. The van der Waals surface area contributed by atoms with Crippen molar-refractivity contribution in [1.82, 2.24) is 25.4 Å². The predicted molar refractivity (Wildman–Crippen MR) is 123 cm³/mol. The molecule has 2 N–H and O–H groups in total. The van der Waals surface area contributed by atoms with Gasteiger partial charge in [-0.05, 0) is 44.6 Å². The maximum absolute atomic E-state index is 5.46. The van der Waals surface area contributed by atoms with Crippen LogP contribution in [0.2, 0.25) is 0 Å². The summed E-state index contributed by atoms with van der Waals surface area (Å²) >= 11 is 1.88. The van der Waals surface area contributed by atoms with Gasteiger partial charge in [0.1, 0.15) is 12.4 Å². The third-order valence-electron chi connectivity index (χ3n) is 5.97. The maximum Gasteiger partial charge on any atom is 0.191 e. The second kappa shape index (κ2) is 11.5. The van der Waals surface area contributed by atoms with Gasteiger partial charge in [0.2, 0.25) is 0 Å². The largest absolute Gasteiger partial charge is 0.382 e. The van der Waals surface area contributed by atoms with E-state index in [2.05, 4.69) is 38.3 Å². The highest BCUT2D eigenvalue weighted by Crippen LogP contribution is 2.41. The van der Waals surface area contributed by atoms with E-state index in [0.717, 1.165) is 50.3 Å². The highest BCUT2D eigenvalue weighted by atomic mass is 32.1. The van der Waals surface area contributed by atoms with E-state index in [0.29, 0.717) is 6.54 Å². The molecule has 1 saturated carbocycles. The van der Waals surface area contributed by atoms with Crippen LogP contribution < -0.4 is 10.6 Å². The molecule has 0 spiro atoms. The van der Waals surface area contributed by atoms with Gasteiger partial charge in [0.05, 0.1) is 0 Å². The fraction of sp³-hybridized carbons (Fsp3) is 0.682. The van der Waals surface area contributed by atoms with E-state index in [1.807, 2.05) is 36.8 Å². The minimum atomic E-state index is 0.210. The zero-order valence-corrected chi connectivity index (χ0v) is 19.4. The summed E-state index contributed by atoms with van der Waals surface area (Å²) in [6.45, 7) is 7.74. The molecule has 0 aromatic carbocycles. The molecule has 3 rings (SSSR count). The number of guanidine groups is 1. The number of nitrogens with one attached hydrogen (secondary N) is 2. The van der Waals surface area contributed by atoms with Gasteiger partial charge in [0.15, 0.2) is 11.8 Å². The summed E-state index contributed by atoms with van der Waals surface area (Å²) in [4.78, 5) is 6.31. The summed E-state index contributed by atoms with van der Waals surface area (Å²) in [6, 6.07) is 4.47. The molecule has 8 heteroatoms. The summed E-state index contributed by atoms with van der Waals surface area (Å²) in [7, 11) is 1.98. The second-order valence-corrected chi connectivity index (χ2v) is 8.98. The maximum atomic E-state index is 5.46. The average molecular weight is 433 g/mol. The van der Waals surface area contributed by atoms with E-state index in [1.54, 1.807) is 0 Å². The molecule has 0 atom stereocenters. The molecule has 2 aromatic heterocycles. The molecule has 166 valence electrons. The molecule has 0 aliphatic heterocycles. The van der Waals surface area contributed by atoms with E-state index >= 15 is 0 Å². The lowest BCUT2D eigenvalue weighted by Crippen LogP contribution is -2.46. The molecule has 0 amide bonds. The Balaban J connectivity index is 1.67. The summed E-state index contributed by atoms with van der Waals surface area (Å²) in [5.74, 6) is 2.61. The fourth-order valence-corrected chi connectivity index (χ4v) is 5.00. The Morgan fingerprint density at radius 3 is 2.77 bits per heavy atom. The van der Waals surface area contributed by atoms with Crippen molar-refractivity contribution in [3.05, 3.63) is 34.0 Å². The molecular weight excluding hydrogens is 396 g/mol. The topological polar surface area (TPSA) is 76.4 Å². The number of aliphatic imine (C=N–C) groups is 1. The van der Waals surface area contributed by atoms with Gasteiger partial charge in [-0.3, -0.25) is 0 Å². The molecule has 0 saturated heterocycles. The SMILES string of the molecule is CCOCCCNC(=NCc1nnc(C)n1C)NCC1(c2cccs2)CCCCC1. The molecule has 0 radical (unpaired) electrons. The van der Waals surface area contributed by atoms with E-state index < -0.39 is 0 Å². The number of aromatic nitrogens is 3. The zero-order valence-electron chi connectivity index (χ0n) is 18.6. The average Bonchev–Trinajstić information content (AvgIpc) is 3.42. The van der Waals surface area contributed by atoms with Crippen molar-refractivity contribution in [2.24, 2.45) is 12.0 Å². The Morgan fingerprint density at radius 2 is 2.10 bits per heavy atom. The molecule has 1 aliphatic carbocycles. The van der Waals surface area contributed by atoms with Gasteiger partial charge in [-0.15, -0.1) is 21.5 Å². The molecule has 0 bridgehead atoms. The number of aryl methyl sites for hydroxylation is 1. The lowest BCUT2D eigenvalue weighted by Gasteiger charge is -2.37. The van der Waals surface area contributed by atoms with Crippen molar-refractivity contribution in [3.63, 3.8) is 0 Å². The summed E-state index contributed by atoms with van der Waals surface area (Å²) in [6.07, 6.45) is 7.36. The fourth-order valence-electron chi connectivity index (χ4n) is 4.01. The van der Waals surface area contributed by atoms with E-state index in [-0.39, 0.29) is 5.41 Å². The summed E-state index contributed by atoms with van der Waals surface area (Å²) in [5, 5.41) is 17.7. The first-order chi connectivity index (χ1) is 14.6. The van der Waals surface area contributed by atoms with Crippen molar-refractivity contribution < 1.29 is 4.74 Å². The number of hydrogen-bond donors (Lipinski definition) is 2. The van der Waals surface area contributed by atoms with E-state index in [1.165, 1.54) is 37.0 Å². The highest BCUT2D eigenvalue weighted by molar-refractivity contribution is 7.10. The molecule has 1 aliphatic rings. The minimum Gasteiger partial charge on any atom is -0.382 e. The first-order valence-corrected chi connectivity index (χ1v) is 12.0. The van der Waals surface area contributed by atoms with Crippen LogP contribution in [-0.4, -0.2) is 47.0 Å². The van der Waals surface area contributed by atoms with Crippen LogP contribution in [0.15, 0.2) is 22.5 Å². The molecule has 30 heavy (non-hydrogen) atoms. The van der Waals surface area contributed by atoms with Gasteiger partial charge in [0.25, 0.3) is 0 Å². The zero-order chi connectivity index (χ0) is 21.2. The van der Waals surface area contributed by atoms with E-state index in [9.17, 15) is 0 Å². The van der Waals surface area contributed by atoms with Gasteiger partial charge >= 0.3 is 0 Å². The van der Waals surface area contributed by atoms with Gasteiger partial charge < -0.3 is 19.9 Å². The van der Waals surface area contributed by atoms with Gasteiger partial charge in [-0.2, -0.15) is 0 Å². The van der Waals surface area contributed by atoms with Crippen LogP contribution in [0.3, 0.4) is 0 Å². The van der Waals surface area contributed by atoms with Crippen molar-refractivity contribution >= 4 is 17.3 Å². The number of ether oxygens (including phenoxy) is 1. The first-order valence-electron chi connectivity index (χ1n) is 11.1. The van der Waals surface area contributed by atoms with Crippen LogP contribution >= 0.6 is 11.3 Å². The first kappa shape index (κ1) is 22.7. The molecule has 0 unspecified atom stereocenters. The molecular formula is C22H36N6OS. The molecule has 1 fully saturated rings. The number of thiophene rings is 1. The van der Waals surface area contributed by atoms with Crippen LogP contribution in [0, 0.1) is 6.92 Å². The Hall–Kier alpha value is -1.93. The lowest BCUT2D eigenvalue weighted by molar-refractivity contribution is 0.145. The number of nitrogens with zero attached hydrogens (tertiary/aromatic N) is 4. The molecule has 2 aromatic rings. The van der Waals surface area contributed by atoms with Crippen molar-refractivity contribution in [2.75, 3.05) is 26.3 Å². The smallest absolute Gasteiger partial charge is 0.191 e. The van der Waals surface area contributed by atoms with Crippen LogP contribution in [0.1, 0.15) is 62.0 Å². The van der Waals surface area contributed by atoms with Crippen molar-refractivity contribution in [2.45, 2.75) is 64.3 Å². The highest BCUT2D eigenvalue weighted by Gasteiger charge is 2.34. The van der Waals surface area contributed by atoms with Gasteiger partial charge in [-0.1, -0.05) is 25.3 Å².